The Kier molecular flexibility index (Phi) is 4.68. The zero-order valence-corrected chi connectivity index (χ0v) is 22.2. The van der Waals surface area contributed by atoms with Crippen molar-refractivity contribution in [3.63, 3.8) is 0 Å². The lowest BCUT2D eigenvalue weighted by atomic mass is 9.70. The second-order valence-corrected chi connectivity index (χ2v) is 11.1. The maximum atomic E-state index is 3.78. The van der Waals surface area contributed by atoms with Crippen LogP contribution in [-0.4, -0.2) is 0 Å². The molecule has 0 atom stereocenters. The summed E-state index contributed by atoms with van der Waals surface area (Å²) in [5.74, 6) is 0. The first-order valence-corrected chi connectivity index (χ1v) is 13.9. The van der Waals surface area contributed by atoms with Crippen LogP contribution >= 0.6 is 15.9 Å². The van der Waals surface area contributed by atoms with Crippen molar-refractivity contribution < 1.29 is 0 Å². The Balaban J connectivity index is 1.44. The highest BCUT2D eigenvalue weighted by atomic mass is 79.9. The van der Waals surface area contributed by atoms with E-state index in [0.717, 1.165) is 4.47 Å². The molecule has 0 unspecified atom stereocenters. The number of hydrogen-bond acceptors (Lipinski definition) is 0. The molecule has 0 aromatic heterocycles. The number of rotatable bonds is 2. The highest BCUT2D eigenvalue weighted by Crippen LogP contribution is 2.63. The van der Waals surface area contributed by atoms with Gasteiger partial charge in [-0.25, -0.2) is 0 Å². The number of hydrogen-bond donors (Lipinski definition) is 0. The summed E-state index contributed by atoms with van der Waals surface area (Å²) in [5, 5.41) is 0. The molecule has 8 rings (SSSR count). The highest BCUT2D eigenvalue weighted by molar-refractivity contribution is 9.10. The molecule has 0 heterocycles. The van der Waals surface area contributed by atoms with Crippen molar-refractivity contribution in [1.29, 1.82) is 0 Å². The van der Waals surface area contributed by atoms with Crippen LogP contribution in [0.5, 0.6) is 0 Å². The van der Waals surface area contributed by atoms with Crippen LogP contribution in [-0.2, 0) is 5.41 Å². The van der Waals surface area contributed by atoms with Crippen molar-refractivity contribution in [3.8, 4) is 44.5 Å². The van der Waals surface area contributed by atoms with Crippen LogP contribution in [0.2, 0.25) is 0 Å². The SMILES string of the molecule is Brc1ccc2c(c1)-c1cc(-c3ccccc3-c3ccccc3)ccc1C21c2ccccc2-c2ccccc21. The quantitative estimate of drug-likeness (QED) is 0.202. The van der Waals surface area contributed by atoms with Crippen LogP contribution in [0.15, 0.2) is 144 Å². The fourth-order valence-electron chi connectivity index (χ4n) is 6.89. The van der Waals surface area contributed by atoms with Crippen molar-refractivity contribution >= 4 is 15.9 Å². The van der Waals surface area contributed by atoms with Crippen LogP contribution in [0.25, 0.3) is 44.5 Å². The van der Waals surface area contributed by atoms with E-state index in [4.69, 9.17) is 0 Å². The van der Waals surface area contributed by atoms with E-state index in [1.54, 1.807) is 0 Å². The molecule has 0 nitrogen and oxygen atoms in total. The van der Waals surface area contributed by atoms with Gasteiger partial charge in [-0.15, -0.1) is 0 Å². The molecule has 178 valence electrons. The zero-order chi connectivity index (χ0) is 25.3. The van der Waals surface area contributed by atoms with Gasteiger partial charge in [-0.05, 0) is 85.0 Å². The second-order valence-electron chi connectivity index (χ2n) is 10.2. The Morgan fingerprint density at radius 3 is 1.47 bits per heavy atom. The second kappa shape index (κ2) is 8.15. The Hall–Kier alpha value is -4.20. The lowest BCUT2D eigenvalue weighted by molar-refractivity contribution is 0.793. The van der Waals surface area contributed by atoms with Crippen molar-refractivity contribution in [2.24, 2.45) is 0 Å². The van der Waals surface area contributed by atoms with Gasteiger partial charge in [-0.3, -0.25) is 0 Å². The summed E-state index contributed by atoms with van der Waals surface area (Å²) in [6, 6.07) is 51.3. The Morgan fingerprint density at radius 1 is 0.342 bits per heavy atom. The monoisotopic (exact) mass is 546 g/mol. The fraction of sp³-hybridized carbons (Fsp3) is 0.0270. The van der Waals surface area contributed by atoms with E-state index >= 15 is 0 Å². The molecule has 2 aliphatic carbocycles. The predicted octanol–water partition coefficient (Wildman–Crippen LogP) is 10.1. The van der Waals surface area contributed by atoms with Crippen LogP contribution in [0.3, 0.4) is 0 Å². The molecule has 38 heavy (non-hydrogen) atoms. The smallest absolute Gasteiger partial charge is 0.0622 e. The van der Waals surface area contributed by atoms with Crippen LogP contribution in [0.1, 0.15) is 22.3 Å². The van der Waals surface area contributed by atoms with Gasteiger partial charge in [0.05, 0.1) is 5.41 Å². The van der Waals surface area contributed by atoms with E-state index in [1.165, 1.54) is 66.8 Å². The molecule has 0 fully saturated rings. The van der Waals surface area contributed by atoms with E-state index < -0.39 is 0 Å². The molecule has 0 N–H and O–H groups in total. The van der Waals surface area contributed by atoms with Crippen LogP contribution in [0, 0.1) is 0 Å². The minimum absolute atomic E-state index is 0.309. The summed E-state index contributed by atoms with van der Waals surface area (Å²) in [5.41, 5.74) is 15.5. The number of fused-ring (bicyclic) bond motifs is 10. The van der Waals surface area contributed by atoms with Gasteiger partial charge in [0.25, 0.3) is 0 Å². The van der Waals surface area contributed by atoms with Gasteiger partial charge in [-0.2, -0.15) is 0 Å². The van der Waals surface area contributed by atoms with Gasteiger partial charge in [-0.1, -0.05) is 137 Å². The largest absolute Gasteiger partial charge is 0.0725 e. The topological polar surface area (TPSA) is 0 Å². The van der Waals surface area contributed by atoms with Gasteiger partial charge in [0.1, 0.15) is 0 Å². The summed E-state index contributed by atoms with van der Waals surface area (Å²) in [6.45, 7) is 0. The molecule has 2 aliphatic rings. The predicted molar refractivity (Wildman–Crippen MR) is 161 cm³/mol. The molecule has 0 bridgehead atoms. The maximum Gasteiger partial charge on any atom is 0.0725 e. The summed E-state index contributed by atoms with van der Waals surface area (Å²) < 4.78 is 1.11. The lowest BCUT2D eigenvalue weighted by Crippen LogP contribution is -2.25. The number of halogens is 1. The first-order chi connectivity index (χ1) is 18.8. The molecule has 6 aromatic carbocycles. The number of benzene rings is 6. The first-order valence-electron chi connectivity index (χ1n) is 13.1. The van der Waals surface area contributed by atoms with Gasteiger partial charge in [0.2, 0.25) is 0 Å². The standard InChI is InChI=1S/C37H23Br/c38-26-19-21-36-32(23-26)31-22-25(28-13-5-4-12-27(28)24-10-2-1-3-11-24)18-20-35(31)37(36)33-16-8-6-14-29(33)30-15-7-9-17-34(30)37/h1-23H. The highest BCUT2D eigenvalue weighted by Gasteiger charge is 2.51. The van der Waals surface area contributed by atoms with Crippen molar-refractivity contribution in [2.45, 2.75) is 5.41 Å². The van der Waals surface area contributed by atoms with E-state index in [2.05, 4.69) is 155 Å². The molecule has 1 heteroatoms. The van der Waals surface area contributed by atoms with Crippen molar-refractivity contribution in [2.75, 3.05) is 0 Å². The minimum atomic E-state index is -0.309. The van der Waals surface area contributed by atoms with Crippen LogP contribution in [0.4, 0.5) is 0 Å². The average molecular weight is 547 g/mol. The van der Waals surface area contributed by atoms with E-state index in [9.17, 15) is 0 Å². The molecule has 0 radical (unpaired) electrons. The van der Waals surface area contributed by atoms with Gasteiger partial charge >= 0.3 is 0 Å². The molecule has 0 amide bonds. The molecule has 0 saturated carbocycles. The molecular weight excluding hydrogens is 524 g/mol. The Bertz CT molecular complexity index is 1830. The zero-order valence-electron chi connectivity index (χ0n) is 20.7. The van der Waals surface area contributed by atoms with E-state index in [-0.39, 0.29) is 5.41 Å². The van der Waals surface area contributed by atoms with Crippen molar-refractivity contribution in [3.05, 3.63) is 166 Å². The third kappa shape index (κ3) is 2.85. The normalized spacial score (nSPS) is 13.6. The molecule has 1 spiro atoms. The third-order valence-corrected chi connectivity index (χ3v) is 8.87. The molecule has 0 aliphatic heterocycles. The summed E-state index contributed by atoms with van der Waals surface area (Å²) in [4.78, 5) is 0. The maximum absolute atomic E-state index is 3.78. The molecule has 6 aromatic rings. The third-order valence-electron chi connectivity index (χ3n) is 8.37. The summed E-state index contributed by atoms with van der Waals surface area (Å²) >= 11 is 3.78. The van der Waals surface area contributed by atoms with Crippen molar-refractivity contribution in [1.82, 2.24) is 0 Å². The fourth-order valence-corrected chi connectivity index (χ4v) is 7.25. The molecular formula is C37H23Br. The van der Waals surface area contributed by atoms with Gasteiger partial charge in [0, 0.05) is 4.47 Å². The first kappa shape index (κ1) is 21.8. The summed E-state index contributed by atoms with van der Waals surface area (Å²) in [7, 11) is 0. The Labute approximate surface area is 231 Å². The Morgan fingerprint density at radius 2 is 0.816 bits per heavy atom. The minimum Gasteiger partial charge on any atom is -0.0622 e. The van der Waals surface area contributed by atoms with Gasteiger partial charge < -0.3 is 0 Å². The van der Waals surface area contributed by atoms with Gasteiger partial charge in [0.15, 0.2) is 0 Å². The molecule has 0 saturated heterocycles. The summed E-state index contributed by atoms with van der Waals surface area (Å²) in [6.07, 6.45) is 0. The van der Waals surface area contributed by atoms with E-state index in [1.807, 2.05) is 0 Å². The lowest BCUT2D eigenvalue weighted by Gasteiger charge is -2.30. The van der Waals surface area contributed by atoms with E-state index in [0.29, 0.717) is 0 Å². The average Bonchev–Trinajstić information content (AvgIpc) is 3.44. The van der Waals surface area contributed by atoms with Crippen LogP contribution < -0.4 is 0 Å².